The highest BCUT2D eigenvalue weighted by Gasteiger charge is 2.13. The van der Waals surface area contributed by atoms with Crippen LogP contribution in [0.4, 0.5) is 4.39 Å². The molecular formula is C18H14ClFN2O. The first-order valence-corrected chi connectivity index (χ1v) is 7.50. The Morgan fingerprint density at radius 1 is 1.17 bits per heavy atom. The molecule has 0 aliphatic carbocycles. The van der Waals surface area contributed by atoms with Gasteiger partial charge < -0.3 is 4.52 Å². The van der Waals surface area contributed by atoms with Crippen molar-refractivity contribution in [2.45, 2.75) is 13.3 Å². The number of allylic oxidation sites excluding steroid dienone is 1. The number of hydrogen-bond donors (Lipinski definition) is 0. The van der Waals surface area contributed by atoms with Gasteiger partial charge in [0.05, 0.1) is 0 Å². The lowest BCUT2D eigenvalue weighted by Gasteiger charge is -2.01. The monoisotopic (exact) mass is 328 g/mol. The van der Waals surface area contributed by atoms with Crippen molar-refractivity contribution in [1.29, 1.82) is 0 Å². The van der Waals surface area contributed by atoms with Gasteiger partial charge in [-0.1, -0.05) is 53.2 Å². The van der Waals surface area contributed by atoms with Gasteiger partial charge in [-0.3, -0.25) is 0 Å². The summed E-state index contributed by atoms with van der Waals surface area (Å²) in [5.41, 5.74) is 2.25. The highest BCUT2D eigenvalue weighted by molar-refractivity contribution is 6.31. The highest BCUT2D eigenvalue weighted by atomic mass is 35.5. The number of hydrogen-bond acceptors (Lipinski definition) is 3. The van der Waals surface area contributed by atoms with Gasteiger partial charge in [-0.05, 0) is 30.7 Å². The minimum atomic E-state index is -0.375. The summed E-state index contributed by atoms with van der Waals surface area (Å²) in [6.45, 7) is 1.89. The van der Waals surface area contributed by atoms with Gasteiger partial charge in [0.15, 0.2) is 5.82 Å². The predicted octanol–water partition coefficient (Wildman–Crippen LogP) is 5.01. The van der Waals surface area contributed by atoms with Gasteiger partial charge in [0.1, 0.15) is 5.82 Å². The van der Waals surface area contributed by atoms with Crippen LogP contribution in [0.25, 0.3) is 11.6 Å². The predicted molar refractivity (Wildman–Crippen MR) is 88.5 cm³/mol. The van der Waals surface area contributed by atoms with Gasteiger partial charge in [-0.25, -0.2) is 4.39 Å². The molecule has 0 amide bonds. The Morgan fingerprint density at radius 3 is 2.70 bits per heavy atom. The molecule has 5 heteroatoms. The van der Waals surface area contributed by atoms with E-state index in [4.69, 9.17) is 16.1 Å². The van der Waals surface area contributed by atoms with Gasteiger partial charge in [0.25, 0.3) is 5.89 Å². The fraction of sp³-hybridized carbons (Fsp3) is 0.111. The maximum absolute atomic E-state index is 13.8. The van der Waals surface area contributed by atoms with Gasteiger partial charge in [-0.2, -0.15) is 4.98 Å². The lowest BCUT2D eigenvalue weighted by molar-refractivity contribution is 0.401. The van der Waals surface area contributed by atoms with Crippen LogP contribution in [0.1, 0.15) is 29.8 Å². The Bertz CT molecular complexity index is 823. The van der Waals surface area contributed by atoms with Crippen LogP contribution in [-0.4, -0.2) is 10.1 Å². The third kappa shape index (κ3) is 3.66. The van der Waals surface area contributed by atoms with E-state index < -0.39 is 0 Å². The van der Waals surface area contributed by atoms with E-state index in [1.165, 1.54) is 6.07 Å². The fourth-order valence-electron chi connectivity index (χ4n) is 2.21. The zero-order valence-corrected chi connectivity index (χ0v) is 13.2. The van der Waals surface area contributed by atoms with Crippen LogP contribution >= 0.6 is 11.6 Å². The van der Waals surface area contributed by atoms with Gasteiger partial charge >= 0.3 is 0 Å². The van der Waals surface area contributed by atoms with Crippen LogP contribution < -0.4 is 0 Å². The summed E-state index contributed by atoms with van der Waals surface area (Å²) in [7, 11) is 0. The molecule has 1 heterocycles. The maximum atomic E-state index is 13.8. The van der Waals surface area contributed by atoms with Crippen LogP contribution in [0.15, 0.2) is 53.1 Å². The first-order valence-electron chi connectivity index (χ1n) is 7.12. The third-order valence-corrected chi connectivity index (χ3v) is 3.74. The summed E-state index contributed by atoms with van der Waals surface area (Å²) >= 11 is 6.02. The van der Waals surface area contributed by atoms with Crippen molar-refractivity contribution < 1.29 is 8.91 Å². The number of nitrogens with zero attached hydrogens (tertiary/aromatic N) is 2. The number of aromatic nitrogens is 2. The number of halogens is 2. The summed E-state index contributed by atoms with van der Waals surface area (Å²) in [4.78, 5) is 4.31. The van der Waals surface area contributed by atoms with E-state index in [1.807, 2.05) is 43.3 Å². The van der Waals surface area contributed by atoms with Crippen LogP contribution in [0, 0.1) is 5.82 Å². The Hall–Kier alpha value is -2.46. The molecule has 0 bridgehead atoms. The van der Waals surface area contributed by atoms with E-state index in [-0.39, 0.29) is 12.2 Å². The molecule has 0 aliphatic rings. The Labute approximate surface area is 138 Å². The maximum Gasteiger partial charge on any atom is 0.253 e. The molecule has 3 aromatic rings. The molecule has 3 rings (SSSR count). The lowest BCUT2D eigenvalue weighted by Crippen LogP contribution is -1.96. The average molecular weight is 329 g/mol. The largest absolute Gasteiger partial charge is 0.334 e. The summed E-state index contributed by atoms with van der Waals surface area (Å²) in [6.07, 6.45) is 2.14. The van der Waals surface area contributed by atoms with Crippen molar-refractivity contribution in [1.82, 2.24) is 10.1 Å². The van der Waals surface area contributed by atoms with Crippen molar-refractivity contribution in [2.24, 2.45) is 0 Å². The molecule has 0 saturated carbocycles. The molecule has 0 atom stereocenters. The average Bonchev–Trinajstić information content (AvgIpc) is 3.01. The second-order valence-electron chi connectivity index (χ2n) is 5.13. The Balaban J connectivity index is 1.82. The zero-order chi connectivity index (χ0) is 16.2. The normalized spacial score (nSPS) is 11.7. The summed E-state index contributed by atoms with van der Waals surface area (Å²) in [5, 5.41) is 4.26. The molecule has 3 nitrogen and oxygen atoms in total. The molecule has 0 fully saturated rings. The van der Waals surface area contributed by atoms with Crippen LogP contribution in [0.5, 0.6) is 0 Å². The molecule has 0 saturated heterocycles. The quantitative estimate of drug-likeness (QED) is 0.675. The molecule has 1 aromatic heterocycles. The first kappa shape index (κ1) is 15.4. The van der Waals surface area contributed by atoms with Crippen molar-refractivity contribution in [3.63, 3.8) is 0 Å². The van der Waals surface area contributed by atoms with Gasteiger partial charge in [-0.15, -0.1) is 0 Å². The molecule has 0 aliphatic heterocycles. The zero-order valence-electron chi connectivity index (χ0n) is 12.5. The molecular weight excluding hydrogens is 315 g/mol. The summed E-state index contributed by atoms with van der Waals surface area (Å²) in [5.74, 6) is 0.435. The van der Waals surface area contributed by atoms with Crippen molar-refractivity contribution in [3.8, 4) is 0 Å². The number of rotatable bonds is 4. The molecule has 0 unspecified atom stereocenters. The van der Waals surface area contributed by atoms with Crippen molar-refractivity contribution in [2.75, 3.05) is 0 Å². The molecule has 2 aromatic carbocycles. The molecule has 0 radical (unpaired) electrons. The summed E-state index contributed by atoms with van der Waals surface area (Å²) in [6, 6.07) is 14.4. The van der Waals surface area contributed by atoms with E-state index in [9.17, 15) is 4.39 Å². The third-order valence-electron chi connectivity index (χ3n) is 3.38. The van der Waals surface area contributed by atoms with E-state index in [2.05, 4.69) is 10.1 Å². The van der Waals surface area contributed by atoms with E-state index >= 15 is 0 Å². The van der Waals surface area contributed by atoms with Crippen molar-refractivity contribution in [3.05, 3.63) is 82.2 Å². The fourth-order valence-corrected chi connectivity index (χ4v) is 2.44. The molecule has 23 heavy (non-hydrogen) atoms. The second-order valence-corrected chi connectivity index (χ2v) is 5.54. The minimum absolute atomic E-state index is 0.188. The van der Waals surface area contributed by atoms with E-state index in [0.717, 1.165) is 11.1 Å². The Morgan fingerprint density at radius 2 is 1.96 bits per heavy atom. The van der Waals surface area contributed by atoms with E-state index in [0.29, 0.717) is 22.3 Å². The highest BCUT2D eigenvalue weighted by Crippen LogP contribution is 2.22. The Kier molecular flexibility index (Phi) is 4.53. The second kappa shape index (κ2) is 6.75. The number of benzene rings is 2. The van der Waals surface area contributed by atoms with Crippen LogP contribution in [-0.2, 0) is 6.42 Å². The molecule has 0 spiro atoms. The topological polar surface area (TPSA) is 38.9 Å². The van der Waals surface area contributed by atoms with Crippen molar-refractivity contribution >= 4 is 23.3 Å². The lowest BCUT2D eigenvalue weighted by atomic mass is 10.1. The van der Waals surface area contributed by atoms with Crippen LogP contribution in [0.2, 0.25) is 5.02 Å². The first-order chi connectivity index (χ1) is 11.1. The summed E-state index contributed by atoms with van der Waals surface area (Å²) < 4.78 is 19.1. The SMILES string of the molecule is C/C(=C\c1ccccc1)c1nc(Cc2c(F)cccc2Cl)no1. The van der Waals surface area contributed by atoms with Gasteiger partial charge in [0.2, 0.25) is 0 Å². The smallest absolute Gasteiger partial charge is 0.253 e. The standard InChI is InChI=1S/C18H14ClFN2O/c1-12(10-13-6-3-2-4-7-13)18-21-17(22-23-18)11-14-15(19)8-5-9-16(14)20/h2-10H,11H2,1H3/b12-10+. The molecule has 0 N–H and O–H groups in total. The minimum Gasteiger partial charge on any atom is -0.334 e. The van der Waals surface area contributed by atoms with Crippen LogP contribution in [0.3, 0.4) is 0 Å². The van der Waals surface area contributed by atoms with Gasteiger partial charge in [0, 0.05) is 22.6 Å². The molecule has 116 valence electrons. The van der Waals surface area contributed by atoms with E-state index in [1.54, 1.807) is 12.1 Å².